The van der Waals surface area contributed by atoms with Crippen LogP contribution in [0.15, 0.2) is 0 Å². The Bertz CT molecular complexity index is 708. The van der Waals surface area contributed by atoms with Crippen molar-refractivity contribution < 1.29 is 28.7 Å². The highest BCUT2D eigenvalue weighted by Gasteiger charge is 2.69. The van der Waals surface area contributed by atoms with Gasteiger partial charge in [-0.05, 0) is 6.42 Å². The van der Waals surface area contributed by atoms with Crippen molar-refractivity contribution in [3.8, 4) is 0 Å². The predicted octanol–water partition coefficient (Wildman–Crippen LogP) is -1.30. The number of urea groups is 2. The quantitative estimate of drug-likeness (QED) is 0.573. The summed E-state index contributed by atoms with van der Waals surface area (Å²) in [5.74, 6) is -2.77. The zero-order valence-corrected chi connectivity index (χ0v) is 13.9. The van der Waals surface area contributed by atoms with E-state index < -0.39 is 47.9 Å². The van der Waals surface area contributed by atoms with Crippen molar-refractivity contribution in [3.63, 3.8) is 0 Å². The molecule has 4 atom stereocenters. The molecule has 25 heavy (non-hydrogen) atoms. The first-order valence-electron chi connectivity index (χ1n) is 8.15. The molecule has 0 unspecified atom stereocenters. The Kier molecular flexibility index (Phi) is 3.28. The van der Waals surface area contributed by atoms with E-state index in [9.17, 15) is 24.0 Å². The van der Waals surface area contributed by atoms with Gasteiger partial charge in [-0.2, -0.15) is 0 Å². The summed E-state index contributed by atoms with van der Waals surface area (Å²) < 4.78 is 4.65. The molecular formula is C15H18N4O6. The summed E-state index contributed by atoms with van der Waals surface area (Å²) in [7, 11) is 2.78. The Morgan fingerprint density at radius 3 is 2.16 bits per heavy atom. The molecule has 1 saturated carbocycles. The smallest absolute Gasteiger partial charge is 0.327 e. The van der Waals surface area contributed by atoms with Crippen LogP contribution in [0.25, 0.3) is 0 Å². The van der Waals surface area contributed by atoms with Crippen molar-refractivity contribution in [1.29, 1.82) is 0 Å². The number of methoxy groups -OCH3 is 1. The largest absolute Gasteiger partial charge is 0.468 e. The lowest BCUT2D eigenvalue weighted by atomic mass is 9.60. The highest BCUT2D eigenvalue weighted by molar-refractivity contribution is 6.07. The van der Waals surface area contributed by atoms with E-state index in [4.69, 9.17) is 0 Å². The van der Waals surface area contributed by atoms with Gasteiger partial charge in [0.15, 0.2) is 0 Å². The van der Waals surface area contributed by atoms with Crippen LogP contribution in [0.2, 0.25) is 0 Å². The lowest BCUT2D eigenvalue weighted by Crippen LogP contribution is -2.82. The standard InChI is InChI=1S/C15H18N4O6/c1-16-10-8-9-11(10)19(6-7(20)25-2)15(24)18(13(9)22)5-3-4-17(12(8)21)14(16)23/h8-11H,3-6H2,1-2H3/t8-,9+,10-,11+/m1/s1. The van der Waals surface area contributed by atoms with Crippen molar-refractivity contribution >= 4 is 29.8 Å². The molecule has 0 radical (unpaired) electrons. The fraction of sp³-hybridized carbons (Fsp3) is 0.667. The van der Waals surface area contributed by atoms with Crippen LogP contribution < -0.4 is 0 Å². The number of carbonyl (C=O) groups is 5. The van der Waals surface area contributed by atoms with Gasteiger partial charge in [0.05, 0.1) is 31.0 Å². The first-order chi connectivity index (χ1) is 11.9. The van der Waals surface area contributed by atoms with Gasteiger partial charge in [-0.3, -0.25) is 24.2 Å². The Morgan fingerprint density at radius 2 is 1.56 bits per heavy atom. The Labute approximate surface area is 143 Å². The minimum atomic E-state index is -0.726. The van der Waals surface area contributed by atoms with Crippen LogP contribution in [-0.4, -0.2) is 95.3 Å². The molecule has 4 aliphatic rings. The summed E-state index contributed by atoms with van der Waals surface area (Å²) in [5.41, 5.74) is 0. The van der Waals surface area contributed by atoms with Crippen LogP contribution in [-0.2, 0) is 19.1 Å². The Hall–Kier alpha value is -2.65. The summed E-state index contributed by atoms with van der Waals surface area (Å²) in [4.78, 5) is 67.5. The highest BCUT2D eigenvalue weighted by atomic mass is 16.5. The topological polar surface area (TPSA) is 108 Å². The molecule has 0 N–H and O–H groups in total. The number of hydrogen-bond donors (Lipinski definition) is 0. The molecule has 0 aromatic rings. The number of carbonyl (C=O) groups excluding carboxylic acids is 5. The SMILES string of the molecule is COC(=O)CN1C(=O)N2CCCN3C(=O)[C@@H]4[C@H](C2=O)[C@H]1[C@@H]4N(C)C3=O. The predicted molar refractivity (Wildman–Crippen MR) is 79.9 cm³/mol. The lowest BCUT2D eigenvalue weighted by Gasteiger charge is -2.62. The van der Waals surface area contributed by atoms with Gasteiger partial charge in [-0.1, -0.05) is 0 Å². The summed E-state index contributed by atoms with van der Waals surface area (Å²) in [6.07, 6.45) is 0.309. The number of rotatable bonds is 2. The number of amides is 6. The van der Waals surface area contributed by atoms with Gasteiger partial charge in [0.1, 0.15) is 6.54 Å². The van der Waals surface area contributed by atoms with Crippen LogP contribution in [0.4, 0.5) is 9.59 Å². The van der Waals surface area contributed by atoms with Crippen LogP contribution in [0.3, 0.4) is 0 Å². The minimum absolute atomic E-state index is 0.108. The molecule has 1 aliphatic carbocycles. The van der Waals surface area contributed by atoms with E-state index in [1.54, 1.807) is 7.05 Å². The second kappa shape index (κ2) is 5.17. The molecule has 6 amide bonds. The van der Waals surface area contributed by atoms with Gasteiger partial charge in [0.2, 0.25) is 11.8 Å². The number of imide groups is 2. The van der Waals surface area contributed by atoms with E-state index in [2.05, 4.69) is 4.74 Å². The monoisotopic (exact) mass is 350 g/mol. The third-order valence-corrected chi connectivity index (χ3v) is 5.68. The molecule has 3 saturated heterocycles. The number of fused-ring (bicyclic) bond motifs is 3. The van der Waals surface area contributed by atoms with E-state index in [-0.39, 0.29) is 25.5 Å². The van der Waals surface area contributed by atoms with Crippen LogP contribution in [0.5, 0.6) is 0 Å². The average molecular weight is 350 g/mol. The maximum Gasteiger partial charge on any atom is 0.327 e. The van der Waals surface area contributed by atoms with Crippen LogP contribution in [0.1, 0.15) is 6.42 Å². The molecule has 134 valence electrons. The molecule has 0 aromatic carbocycles. The Morgan fingerprint density at radius 1 is 1.00 bits per heavy atom. The fourth-order valence-electron chi connectivity index (χ4n) is 4.48. The number of esters is 1. The fourth-order valence-corrected chi connectivity index (χ4v) is 4.48. The van der Waals surface area contributed by atoms with Gasteiger partial charge in [-0.15, -0.1) is 0 Å². The zero-order chi connectivity index (χ0) is 18.0. The van der Waals surface area contributed by atoms with Crippen LogP contribution >= 0.6 is 0 Å². The Balaban J connectivity index is 1.80. The first-order valence-corrected chi connectivity index (χ1v) is 8.15. The second-order valence-electron chi connectivity index (χ2n) is 6.75. The molecule has 3 aliphatic heterocycles. The molecule has 4 bridgehead atoms. The second-order valence-corrected chi connectivity index (χ2v) is 6.75. The highest BCUT2D eigenvalue weighted by Crippen LogP contribution is 2.49. The summed E-state index contributed by atoms with van der Waals surface area (Å²) in [5, 5.41) is 0. The molecule has 4 rings (SSSR count). The van der Waals surface area contributed by atoms with Gasteiger partial charge in [-0.25, -0.2) is 9.59 Å². The van der Waals surface area contributed by atoms with Gasteiger partial charge in [0, 0.05) is 20.1 Å². The van der Waals surface area contributed by atoms with E-state index in [1.807, 2.05) is 0 Å². The maximum atomic E-state index is 12.8. The van der Waals surface area contributed by atoms with Crippen molar-refractivity contribution in [2.75, 3.05) is 33.8 Å². The number of likely N-dealkylation sites (N-methyl/N-ethyl adjacent to an activating group) is 1. The third-order valence-electron chi connectivity index (χ3n) is 5.68. The molecular weight excluding hydrogens is 332 g/mol. The minimum Gasteiger partial charge on any atom is -0.468 e. The molecule has 4 fully saturated rings. The third kappa shape index (κ3) is 1.87. The van der Waals surface area contributed by atoms with Gasteiger partial charge < -0.3 is 14.5 Å². The number of hydrogen-bond acceptors (Lipinski definition) is 6. The van der Waals surface area contributed by atoms with E-state index >= 15 is 0 Å². The van der Waals surface area contributed by atoms with Gasteiger partial charge >= 0.3 is 18.0 Å². The van der Waals surface area contributed by atoms with Crippen molar-refractivity contribution in [1.82, 2.24) is 19.6 Å². The first kappa shape index (κ1) is 15.9. The average Bonchev–Trinajstić information content (AvgIpc) is 2.57. The molecule has 10 nitrogen and oxygen atoms in total. The van der Waals surface area contributed by atoms with Crippen molar-refractivity contribution in [2.45, 2.75) is 18.5 Å². The number of nitrogens with zero attached hydrogens (tertiary/aromatic N) is 4. The molecule has 10 heteroatoms. The van der Waals surface area contributed by atoms with E-state index in [0.29, 0.717) is 6.42 Å². The lowest BCUT2D eigenvalue weighted by molar-refractivity contribution is -0.177. The summed E-state index contributed by atoms with van der Waals surface area (Å²) in [6.45, 7) is -0.0448. The van der Waals surface area contributed by atoms with E-state index in [0.717, 1.165) is 4.90 Å². The summed E-state index contributed by atoms with van der Waals surface area (Å²) >= 11 is 0. The normalized spacial score (nSPS) is 33.8. The summed E-state index contributed by atoms with van der Waals surface area (Å²) in [6, 6.07) is -2.27. The van der Waals surface area contributed by atoms with Crippen molar-refractivity contribution in [2.24, 2.45) is 11.8 Å². The molecule has 0 spiro atoms. The maximum absolute atomic E-state index is 12.8. The zero-order valence-electron chi connectivity index (χ0n) is 13.9. The van der Waals surface area contributed by atoms with Crippen molar-refractivity contribution in [3.05, 3.63) is 0 Å². The van der Waals surface area contributed by atoms with Gasteiger partial charge in [0.25, 0.3) is 0 Å². The van der Waals surface area contributed by atoms with Crippen LogP contribution in [0, 0.1) is 11.8 Å². The molecule has 3 heterocycles. The van der Waals surface area contributed by atoms with E-state index in [1.165, 1.54) is 21.8 Å². The number of ether oxygens (including phenoxy) is 1. The molecule has 0 aromatic heterocycles.